The molecule has 0 aliphatic carbocycles. The van der Waals surface area contributed by atoms with Gasteiger partial charge in [-0.1, -0.05) is 0 Å². The van der Waals surface area contributed by atoms with Gasteiger partial charge in [-0.2, -0.15) is 8.61 Å². The molecule has 0 radical (unpaired) electrons. The minimum atomic E-state index is -4.12. The zero-order valence-electron chi connectivity index (χ0n) is 21.5. The van der Waals surface area contributed by atoms with Crippen molar-refractivity contribution in [2.75, 3.05) is 32.5 Å². The molecule has 2 aliphatic heterocycles. The summed E-state index contributed by atoms with van der Waals surface area (Å²) in [5, 5.41) is 0. The third kappa shape index (κ3) is 6.92. The number of hydrogen-bond donors (Lipinski definition) is 1. The van der Waals surface area contributed by atoms with Crippen LogP contribution in [0.25, 0.3) is 10.4 Å². The van der Waals surface area contributed by atoms with E-state index >= 15 is 0 Å². The van der Waals surface area contributed by atoms with E-state index in [1.54, 1.807) is 6.07 Å². The fraction of sp³-hybridized carbons (Fsp3) is 0.542. The fourth-order valence-electron chi connectivity index (χ4n) is 4.24. The van der Waals surface area contributed by atoms with Crippen molar-refractivity contribution in [3.05, 3.63) is 36.4 Å². The van der Waals surface area contributed by atoms with Gasteiger partial charge in [0.1, 0.15) is 16.0 Å². The lowest BCUT2D eigenvalue weighted by Crippen LogP contribution is -2.61. The lowest BCUT2D eigenvalue weighted by atomic mass is 10.2. The van der Waals surface area contributed by atoms with Crippen molar-refractivity contribution in [3.63, 3.8) is 0 Å². The first-order valence-electron chi connectivity index (χ1n) is 12.4. The first-order chi connectivity index (χ1) is 17.9. The number of carbonyl (C=O) groups is 1. The number of hydroxylamine groups is 1. The van der Waals surface area contributed by atoms with E-state index in [1.807, 2.05) is 38.1 Å². The Hall–Kier alpha value is -2.07. The number of nitrogens with zero attached hydrogens (tertiary/aromatic N) is 2. The molecule has 2 aliphatic rings. The van der Waals surface area contributed by atoms with Crippen LogP contribution in [0.1, 0.15) is 33.1 Å². The van der Waals surface area contributed by atoms with Crippen LogP contribution in [0.15, 0.2) is 40.6 Å². The van der Waals surface area contributed by atoms with Crippen LogP contribution in [0.3, 0.4) is 0 Å². The summed E-state index contributed by atoms with van der Waals surface area (Å²) in [6.45, 7) is 3.80. The molecular weight excluding hydrogens is 554 g/mol. The molecular formula is C24H33N3O8S3. The Morgan fingerprint density at radius 1 is 1.08 bits per heavy atom. The van der Waals surface area contributed by atoms with E-state index in [9.17, 15) is 21.6 Å². The van der Waals surface area contributed by atoms with Crippen LogP contribution >= 0.6 is 11.3 Å². The van der Waals surface area contributed by atoms with Crippen LogP contribution < -0.4 is 10.2 Å². The second-order valence-corrected chi connectivity index (χ2v) is 14.6. The molecule has 1 N–H and O–H groups in total. The Morgan fingerprint density at radius 3 is 2.45 bits per heavy atom. The number of thiophene rings is 1. The van der Waals surface area contributed by atoms with Crippen molar-refractivity contribution in [3.8, 4) is 16.2 Å². The topological polar surface area (TPSA) is 132 Å². The second-order valence-electron chi connectivity index (χ2n) is 9.44. The minimum Gasteiger partial charge on any atom is -0.491 e. The molecule has 210 valence electrons. The van der Waals surface area contributed by atoms with E-state index in [-0.39, 0.29) is 29.9 Å². The lowest BCUT2D eigenvalue weighted by molar-refractivity contribution is -0.202. The predicted molar refractivity (Wildman–Crippen MR) is 142 cm³/mol. The first kappa shape index (κ1) is 28.9. The van der Waals surface area contributed by atoms with Crippen LogP contribution in [0, 0.1) is 0 Å². The van der Waals surface area contributed by atoms with Crippen LogP contribution in [0.2, 0.25) is 0 Å². The maximum absolute atomic E-state index is 13.7. The molecule has 3 heterocycles. The Balaban J connectivity index is 1.54. The largest absolute Gasteiger partial charge is 0.491 e. The van der Waals surface area contributed by atoms with E-state index < -0.39 is 38.3 Å². The van der Waals surface area contributed by atoms with Crippen LogP contribution in [-0.2, 0) is 34.4 Å². The normalized spacial score (nSPS) is 21.9. The number of piperazine rings is 1. The molecule has 0 bridgehead atoms. The zero-order valence-corrected chi connectivity index (χ0v) is 24.0. The highest BCUT2D eigenvalue weighted by atomic mass is 32.2. The van der Waals surface area contributed by atoms with Gasteiger partial charge >= 0.3 is 0 Å². The average molecular weight is 588 g/mol. The molecule has 0 spiro atoms. The Labute approximate surface area is 227 Å². The van der Waals surface area contributed by atoms with Crippen molar-refractivity contribution in [1.29, 1.82) is 0 Å². The van der Waals surface area contributed by atoms with Crippen molar-refractivity contribution >= 4 is 37.3 Å². The molecule has 1 aromatic heterocycles. The maximum atomic E-state index is 13.7. The number of carbonyl (C=O) groups excluding carboxylic acids is 1. The summed E-state index contributed by atoms with van der Waals surface area (Å²) in [6.07, 6.45) is 2.79. The summed E-state index contributed by atoms with van der Waals surface area (Å²) >= 11 is 1.08. The predicted octanol–water partition coefficient (Wildman–Crippen LogP) is 2.41. The van der Waals surface area contributed by atoms with Crippen LogP contribution in [0.4, 0.5) is 0 Å². The number of rotatable bonds is 9. The lowest BCUT2D eigenvalue weighted by Gasteiger charge is -2.38. The Morgan fingerprint density at radius 2 is 1.82 bits per heavy atom. The molecule has 2 saturated heterocycles. The van der Waals surface area contributed by atoms with Gasteiger partial charge < -0.3 is 9.47 Å². The molecule has 2 aromatic rings. The molecule has 0 saturated carbocycles. The summed E-state index contributed by atoms with van der Waals surface area (Å²) in [5.41, 5.74) is 3.12. The standard InChI is InChI=1S/C24H33N3O8S3/c1-17(2)34-19-9-7-18(8-10-19)21-11-12-23(36-21)38(31,32)27-14-13-26(37(3,29)30)16-20(27)24(28)25-35-22-6-4-5-15-33-22/h7-12,17,20,22H,4-6,13-16H2,1-3H3,(H,25,28)/t20-,22?/m1/s1. The molecule has 14 heteroatoms. The second kappa shape index (κ2) is 12.0. The number of benzene rings is 1. The number of hydrogen-bond acceptors (Lipinski definition) is 9. The molecule has 11 nitrogen and oxygen atoms in total. The number of amides is 1. The number of nitrogens with one attached hydrogen (secondary N) is 1. The highest BCUT2D eigenvalue weighted by Gasteiger charge is 2.43. The van der Waals surface area contributed by atoms with Crippen molar-refractivity contribution in [1.82, 2.24) is 14.1 Å². The van der Waals surface area contributed by atoms with E-state index in [2.05, 4.69) is 5.48 Å². The Bertz CT molecular complexity index is 1320. The summed E-state index contributed by atoms with van der Waals surface area (Å²) in [6, 6.07) is 9.25. The Kier molecular flexibility index (Phi) is 9.12. The van der Waals surface area contributed by atoms with Gasteiger partial charge in [0, 0.05) is 37.5 Å². The van der Waals surface area contributed by atoms with E-state index in [0.29, 0.717) is 18.8 Å². The van der Waals surface area contributed by atoms with Crippen molar-refractivity contribution < 1.29 is 35.9 Å². The van der Waals surface area contributed by atoms with Crippen LogP contribution in [0.5, 0.6) is 5.75 Å². The van der Waals surface area contributed by atoms with Gasteiger partial charge in [0.05, 0.1) is 12.4 Å². The molecule has 2 fully saturated rings. The maximum Gasteiger partial charge on any atom is 0.263 e. The van der Waals surface area contributed by atoms with Crippen LogP contribution in [-0.4, -0.2) is 82.3 Å². The smallest absolute Gasteiger partial charge is 0.263 e. The third-order valence-corrected chi connectivity index (χ3v) is 10.9. The molecule has 4 rings (SSSR count). The van der Waals surface area contributed by atoms with Gasteiger partial charge in [-0.3, -0.25) is 4.79 Å². The summed E-state index contributed by atoms with van der Waals surface area (Å²) in [7, 11) is -7.77. The quantitative estimate of drug-likeness (QED) is 0.443. The van der Waals surface area contributed by atoms with Gasteiger partial charge in [-0.25, -0.2) is 27.2 Å². The average Bonchev–Trinajstić information content (AvgIpc) is 3.38. The minimum absolute atomic E-state index is 0.0354. The molecule has 38 heavy (non-hydrogen) atoms. The summed E-state index contributed by atoms with van der Waals surface area (Å²) in [5.74, 6) is -0.0415. The van der Waals surface area contributed by atoms with Gasteiger partial charge in [-0.15, -0.1) is 11.3 Å². The zero-order chi connectivity index (χ0) is 27.5. The summed E-state index contributed by atoms with van der Waals surface area (Å²) in [4.78, 5) is 19.2. The van der Waals surface area contributed by atoms with E-state index in [4.69, 9.17) is 14.3 Å². The number of sulfonamides is 2. The molecule has 1 amide bonds. The van der Waals surface area contributed by atoms with Gasteiger partial charge in [0.25, 0.3) is 15.9 Å². The highest BCUT2D eigenvalue weighted by Crippen LogP contribution is 2.34. The summed E-state index contributed by atoms with van der Waals surface area (Å²) < 4.78 is 65.1. The SMILES string of the molecule is CC(C)Oc1ccc(-c2ccc(S(=O)(=O)N3CCN(S(C)(=O)=O)C[C@@H]3C(=O)NOC3CCCCO3)s2)cc1. The van der Waals surface area contributed by atoms with E-state index in [0.717, 1.165) is 49.5 Å². The first-order valence-corrected chi connectivity index (χ1v) is 16.5. The van der Waals surface area contributed by atoms with Gasteiger partial charge in [0.2, 0.25) is 10.0 Å². The van der Waals surface area contributed by atoms with E-state index in [1.165, 1.54) is 6.07 Å². The van der Waals surface area contributed by atoms with Crippen molar-refractivity contribution in [2.45, 2.75) is 55.8 Å². The van der Waals surface area contributed by atoms with Gasteiger partial charge in [-0.05, 0) is 68.7 Å². The molecule has 1 unspecified atom stereocenters. The molecule has 2 atom stereocenters. The number of ether oxygens (including phenoxy) is 2. The third-order valence-electron chi connectivity index (χ3n) is 6.15. The monoisotopic (exact) mass is 587 g/mol. The van der Waals surface area contributed by atoms with Crippen molar-refractivity contribution in [2.24, 2.45) is 0 Å². The molecule has 1 aromatic carbocycles. The fourth-order valence-corrected chi connectivity index (χ4v) is 8.08. The van der Waals surface area contributed by atoms with Gasteiger partial charge in [0.15, 0.2) is 6.29 Å². The highest BCUT2D eigenvalue weighted by molar-refractivity contribution is 7.91.